The van der Waals surface area contributed by atoms with E-state index in [4.69, 9.17) is 25.8 Å². The van der Waals surface area contributed by atoms with Gasteiger partial charge in [0.2, 0.25) is 15.9 Å². The van der Waals surface area contributed by atoms with Crippen molar-refractivity contribution in [3.8, 4) is 17.2 Å². The lowest BCUT2D eigenvalue weighted by atomic mass is 10.1. The van der Waals surface area contributed by atoms with E-state index in [0.29, 0.717) is 30.2 Å². The SMILES string of the molecule is CCN(CC(=O)NCCc1ccc(OC)c(OC)c1)S(=O)(=O)c1ccc(OC)c(Cl)c1. The van der Waals surface area contributed by atoms with E-state index in [1.165, 1.54) is 25.3 Å². The highest BCUT2D eigenvalue weighted by Crippen LogP contribution is 2.29. The minimum absolute atomic E-state index is 0.00159. The van der Waals surface area contributed by atoms with Crippen LogP contribution in [0.2, 0.25) is 5.02 Å². The van der Waals surface area contributed by atoms with E-state index in [9.17, 15) is 13.2 Å². The molecule has 0 heterocycles. The molecule has 0 aliphatic heterocycles. The van der Waals surface area contributed by atoms with Gasteiger partial charge in [0, 0.05) is 13.1 Å². The normalized spacial score (nSPS) is 11.3. The monoisotopic (exact) mass is 470 g/mol. The van der Waals surface area contributed by atoms with E-state index < -0.39 is 15.9 Å². The van der Waals surface area contributed by atoms with Gasteiger partial charge in [-0.15, -0.1) is 0 Å². The second kappa shape index (κ2) is 11.2. The van der Waals surface area contributed by atoms with E-state index in [0.717, 1.165) is 9.87 Å². The smallest absolute Gasteiger partial charge is 0.243 e. The number of likely N-dealkylation sites (N-methyl/N-ethyl adjacent to an activating group) is 1. The molecular weight excluding hydrogens is 444 g/mol. The molecule has 10 heteroatoms. The molecule has 0 atom stereocenters. The van der Waals surface area contributed by atoms with Gasteiger partial charge in [-0.3, -0.25) is 4.79 Å². The summed E-state index contributed by atoms with van der Waals surface area (Å²) < 4.78 is 42.4. The number of carbonyl (C=O) groups is 1. The lowest BCUT2D eigenvalue weighted by Crippen LogP contribution is -2.41. The molecule has 0 aliphatic carbocycles. The fourth-order valence-corrected chi connectivity index (χ4v) is 4.68. The van der Waals surface area contributed by atoms with Gasteiger partial charge in [0.25, 0.3) is 0 Å². The number of hydrogen-bond donors (Lipinski definition) is 1. The Balaban J connectivity index is 1.99. The van der Waals surface area contributed by atoms with Crippen molar-refractivity contribution in [1.29, 1.82) is 0 Å². The van der Waals surface area contributed by atoms with E-state index in [1.807, 2.05) is 12.1 Å². The van der Waals surface area contributed by atoms with Crippen LogP contribution in [-0.4, -0.2) is 59.6 Å². The second-order valence-electron chi connectivity index (χ2n) is 6.52. The van der Waals surface area contributed by atoms with Gasteiger partial charge in [-0.2, -0.15) is 4.31 Å². The molecule has 2 aromatic rings. The van der Waals surface area contributed by atoms with Crippen LogP contribution in [0.3, 0.4) is 0 Å². The number of nitrogens with zero attached hydrogens (tertiary/aromatic N) is 1. The van der Waals surface area contributed by atoms with Crippen molar-refractivity contribution in [3.63, 3.8) is 0 Å². The maximum Gasteiger partial charge on any atom is 0.243 e. The fraction of sp³-hybridized carbons (Fsp3) is 0.381. The molecule has 31 heavy (non-hydrogen) atoms. The van der Waals surface area contributed by atoms with Crippen LogP contribution in [0.4, 0.5) is 0 Å². The Kier molecular flexibility index (Phi) is 8.97. The van der Waals surface area contributed by atoms with Gasteiger partial charge in [-0.1, -0.05) is 24.6 Å². The summed E-state index contributed by atoms with van der Waals surface area (Å²) in [5, 5.41) is 2.93. The molecule has 0 aromatic heterocycles. The first kappa shape index (κ1) is 24.8. The van der Waals surface area contributed by atoms with Crippen LogP contribution in [0.25, 0.3) is 0 Å². The lowest BCUT2D eigenvalue weighted by molar-refractivity contribution is -0.121. The first-order valence-electron chi connectivity index (χ1n) is 9.58. The molecule has 2 aromatic carbocycles. The summed E-state index contributed by atoms with van der Waals surface area (Å²) >= 11 is 6.05. The highest BCUT2D eigenvalue weighted by Gasteiger charge is 2.26. The molecule has 0 fully saturated rings. The summed E-state index contributed by atoms with van der Waals surface area (Å²) in [6.07, 6.45) is 0.555. The van der Waals surface area contributed by atoms with Gasteiger partial charge in [0.05, 0.1) is 37.8 Å². The van der Waals surface area contributed by atoms with Gasteiger partial charge in [0.1, 0.15) is 5.75 Å². The van der Waals surface area contributed by atoms with Crippen molar-refractivity contribution < 1.29 is 27.4 Å². The van der Waals surface area contributed by atoms with Crippen molar-refractivity contribution in [2.45, 2.75) is 18.2 Å². The minimum atomic E-state index is -3.89. The molecule has 170 valence electrons. The minimum Gasteiger partial charge on any atom is -0.495 e. The van der Waals surface area contributed by atoms with Crippen LogP contribution in [0, 0.1) is 0 Å². The number of methoxy groups -OCH3 is 3. The van der Waals surface area contributed by atoms with Crippen molar-refractivity contribution in [2.75, 3.05) is 41.0 Å². The number of hydrogen-bond acceptors (Lipinski definition) is 6. The molecule has 1 amide bonds. The zero-order valence-electron chi connectivity index (χ0n) is 18.0. The molecule has 1 N–H and O–H groups in total. The fourth-order valence-electron chi connectivity index (χ4n) is 2.92. The number of amides is 1. The average Bonchev–Trinajstić information content (AvgIpc) is 2.77. The van der Waals surface area contributed by atoms with Gasteiger partial charge in [0.15, 0.2) is 11.5 Å². The number of benzene rings is 2. The third-order valence-corrected chi connectivity index (χ3v) is 6.83. The number of halogens is 1. The quantitative estimate of drug-likeness (QED) is 0.542. The van der Waals surface area contributed by atoms with Crippen LogP contribution < -0.4 is 19.5 Å². The van der Waals surface area contributed by atoms with Gasteiger partial charge < -0.3 is 19.5 Å². The summed E-state index contributed by atoms with van der Waals surface area (Å²) in [5.41, 5.74) is 0.950. The van der Waals surface area contributed by atoms with Gasteiger partial charge in [-0.05, 0) is 42.3 Å². The Hall–Kier alpha value is -2.49. The Bertz CT molecular complexity index is 1010. The molecule has 0 aliphatic rings. The second-order valence-corrected chi connectivity index (χ2v) is 8.86. The molecule has 0 unspecified atom stereocenters. The van der Waals surface area contributed by atoms with Gasteiger partial charge in [-0.25, -0.2) is 8.42 Å². The highest BCUT2D eigenvalue weighted by atomic mass is 35.5. The number of rotatable bonds is 11. The highest BCUT2D eigenvalue weighted by molar-refractivity contribution is 7.89. The number of sulfonamides is 1. The zero-order chi connectivity index (χ0) is 23.0. The molecule has 0 saturated heterocycles. The first-order chi connectivity index (χ1) is 14.8. The van der Waals surface area contributed by atoms with E-state index in [1.54, 1.807) is 27.2 Å². The number of ether oxygens (including phenoxy) is 3. The van der Waals surface area contributed by atoms with Crippen LogP contribution >= 0.6 is 11.6 Å². The van der Waals surface area contributed by atoms with Crippen LogP contribution in [0.15, 0.2) is 41.3 Å². The standard InChI is InChI=1S/C21H27ClN2O6S/c1-5-24(31(26,27)16-7-9-18(28-2)17(22)13-16)14-21(25)23-11-10-15-6-8-19(29-3)20(12-15)30-4/h6-9,12-13H,5,10-11,14H2,1-4H3,(H,23,25). The molecular formula is C21H27ClN2O6S. The van der Waals surface area contributed by atoms with E-state index in [2.05, 4.69) is 5.32 Å². The first-order valence-corrected chi connectivity index (χ1v) is 11.4. The van der Waals surface area contributed by atoms with Crippen molar-refractivity contribution >= 4 is 27.5 Å². The average molecular weight is 471 g/mol. The van der Waals surface area contributed by atoms with Crippen LogP contribution in [0.1, 0.15) is 12.5 Å². The van der Waals surface area contributed by atoms with Crippen molar-refractivity contribution in [2.24, 2.45) is 0 Å². The Morgan fingerprint density at radius 1 is 1.00 bits per heavy atom. The molecule has 0 radical (unpaired) electrons. The Labute approximate surface area is 188 Å². The third-order valence-electron chi connectivity index (χ3n) is 4.62. The Morgan fingerprint density at radius 3 is 2.23 bits per heavy atom. The van der Waals surface area contributed by atoms with Crippen molar-refractivity contribution in [1.82, 2.24) is 9.62 Å². The zero-order valence-corrected chi connectivity index (χ0v) is 19.5. The van der Waals surface area contributed by atoms with Crippen molar-refractivity contribution in [3.05, 3.63) is 47.0 Å². The van der Waals surface area contributed by atoms with Gasteiger partial charge >= 0.3 is 0 Å². The number of nitrogens with one attached hydrogen (secondary N) is 1. The lowest BCUT2D eigenvalue weighted by Gasteiger charge is -2.20. The molecule has 8 nitrogen and oxygen atoms in total. The maximum atomic E-state index is 12.9. The van der Waals surface area contributed by atoms with E-state index in [-0.39, 0.29) is 23.0 Å². The summed E-state index contributed by atoms with van der Waals surface area (Å²) in [4.78, 5) is 12.4. The molecule has 0 spiro atoms. The molecule has 0 saturated carbocycles. The summed E-state index contributed by atoms with van der Waals surface area (Å²) in [6.45, 7) is 1.85. The van der Waals surface area contributed by atoms with E-state index >= 15 is 0 Å². The topological polar surface area (TPSA) is 94.2 Å². The predicted octanol–water partition coefficient (Wildman–Crippen LogP) is 2.74. The summed E-state index contributed by atoms with van der Waals surface area (Å²) in [6, 6.07) is 9.70. The summed E-state index contributed by atoms with van der Waals surface area (Å²) in [5.74, 6) is 1.20. The molecule has 0 bridgehead atoms. The third kappa shape index (κ3) is 6.25. The van der Waals surface area contributed by atoms with Crippen LogP contribution in [0.5, 0.6) is 17.2 Å². The predicted molar refractivity (Wildman–Crippen MR) is 119 cm³/mol. The Morgan fingerprint density at radius 2 is 1.65 bits per heavy atom. The number of carbonyl (C=O) groups excluding carboxylic acids is 1. The maximum absolute atomic E-state index is 12.9. The van der Waals surface area contributed by atoms with Crippen LogP contribution in [-0.2, 0) is 21.2 Å². The molecule has 2 rings (SSSR count). The summed E-state index contributed by atoms with van der Waals surface area (Å²) in [7, 11) is 0.674. The largest absolute Gasteiger partial charge is 0.495 e.